The van der Waals surface area contributed by atoms with Crippen molar-refractivity contribution in [2.24, 2.45) is 0 Å². The van der Waals surface area contributed by atoms with Gasteiger partial charge in [0.2, 0.25) is 5.91 Å². The van der Waals surface area contributed by atoms with E-state index in [2.05, 4.69) is 26.1 Å². The van der Waals surface area contributed by atoms with Gasteiger partial charge in [0.05, 0.1) is 21.5 Å². The summed E-state index contributed by atoms with van der Waals surface area (Å²) in [6.07, 6.45) is 0. The van der Waals surface area contributed by atoms with Gasteiger partial charge in [-0.05, 0) is 41.7 Å². The van der Waals surface area contributed by atoms with E-state index in [1.165, 1.54) is 30.3 Å². The van der Waals surface area contributed by atoms with Gasteiger partial charge in [-0.3, -0.25) is 19.2 Å². The van der Waals surface area contributed by atoms with Crippen LogP contribution in [-0.2, 0) is 20.2 Å². The van der Waals surface area contributed by atoms with Gasteiger partial charge >= 0.3 is 0 Å². The molecule has 8 nitrogen and oxygen atoms in total. The minimum atomic E-state index is -4.16. The Morgan fingerprint density at radius 3 is 2.20 bits per heavy atom. The SMILES string of the molecule is C[C@@H](NC(=O)CN(c1cccc([N+](=O)[O-])c1)S(=O)(=O)c1ccccc1)c1ccc(C(C)(C)C)cc1. The Balaban J connectivity index is 1.88. The van der Waals surface area contributed by atoms with Crippen molar-refractivity contribution in [3.8, 4) is 0 Å². The van der Waals surface area contributed by atoms with Crippen LogP contribution in [-0.4, -0.2) is 25.8 Å². The van der Waals surface area contributed by atoms with Gasteiger partial charge in [-0.15, -0.1) is 0 Å². The third-order valence-corrected chi connectivity index (χ3v) is 7.39. The number of benzene rings is 3. The first kappa shape index (κ1) is 25.9. The number of rotatable bonds is 8. The maximum absolute atomic E-state index is 13.4. The Hall–Kier alpha value is -3.72. The van der Waals surface area contributed by atoms with Crippen molar-refractivity contribution in [2.45, 2.75) is 44.0 Å². The Labute approximate surface area is 205 Å². The highest BCUT2D eigenvalue weighted by Crippen LogP contribution is 2.27. The number of hydrogen-bond donors (Lipinski definition) is 1. The Morgan fingerprint density at radius 2 is 1.63 bits per heavy atom. The second kappa shape index (κ2) is 10.3. The molecule has 1 atom stereocenters. The Morgan fingerprint density at radius 1 is 1.00 bits per heavy atom. The molecule has 0 aromatic heterocycles. The summed E-state index contributed by atoms with van der Waals surface area (Å²) >= 11 is 0. The topological polar surface area (TPSA) is 110 Å². The van der Waals surface area contributed by atoms with Crippen LogP contribution < -0.4 is 9.62 Å². The van der Waals surface area contributed by atoms with E-state index in [9.17, 15) is 23.3 Å². The first-order valence-corrected chi connectivity index (χ1v) is 12.6. The predicted molar refractivity (Wildman–Crippen MR) is 136 cm³/mol. The zero-order valence-electron chi connectivity index (χ0n) is 20.1. The highest BCUT2D eigenvalue weighted by molar-refractivity contribution is 7.92. The molecule has 0 aliphatic carbocycles. The van der Waals surface area contributed by atoms with Gasteiger partial charge in [0, 0.05) is 12.1 Å². The molecular formula is C26H29N3O5S. The van der Waals surface area contributed by atoms with E-state index in [-0.39, 0.29) is 27.7 Å². The van der Waals surface area contributed by atoms with Gasteiger partial charge in [-0.1, -0.05) is 69.3 Å². The van der Waals surface area contributed by atoms with Crippen LogP contribution in [0.2, 0.25) is 0 Å². The second-order valence-corrected chi connectivity index (χ2v) is 11.1. The fourth-order valence-electron chi connectivity index (χ4n) is 3.57. The fourth-order valence-corrected chi connectivity index (χ4v) is 5.00. The van der Waals surface area contributed by atoms with Crippen LogP contribution in [0.25, 0.3) is 0 Å². The number of anilines is 1. The normalized spacial score (nSPS) is 12.6. The van der Waals surface area contributed by atoms with Crippen LogP contribution >= 0.6 is 0 Å². The first-order valence-electron chi connectivity index (χ1n) is 11.1. The smallest absolute Gasteiger partial charge is 0.271 e. The van der Waals surface area contributed by atoms with E-state index < -0.39 is 27.4 Å². The molecule has 3 aromatic carbocycles. The molecule has 1 N–H and O–H groups in total. The maximum Gasteiger partial charge on any atom is 0.271 e. The number of nitro groups is 1. The highest BCUT2D eigenvalue weighted by atomic mass is 32.2. The lowest BCUT2D eigenvalue weighted by molar-refractivity contribution is -0.384. The van der Waals surface area contributed by atoms with Crippen LogP contribution in [0.5, 0.6) is 0 Å². The molecule has 0 unspecified atom stereocenters. The molecule has 184 valence electrons. The van der Waals surface area contributed by atoms with E-state index >= 15 is 0 Å². The van der Waals surface area contributed by atoms with Gasteiger partial charge in [-0.25, -0.2) is 8.42 Å². The molecule has 0 heterocycles. The van der Waals surface area contributed by atoms with Crippen molar-refractivity contribution in [1.82, 2.24) is 5.32 Å². The van der Waals surface area contributed by atoms with E-state index in [0.29, 0.717) is 0 Å². The zero-order chi connectivity index (χ0) is 25.8. The maximum atomic E-state index is 13.4. The summed E-state index contributed by atoms with van der Waals surface area (Å²) in [5.74, 6) is -0.539. The predicted octanol–water partition coefficient (Wildman–Crippen LogP) is 4.97. The van der Waals surface area contributed by atoms with E-state index in [1.54, 1.807) is 18.2 Å². The number of nitrogens with one attached hydrogen (secondary N) is 1. The summed E-state index contributed by atoms with van der Waals surface area (Å²) in [7, 11) is -4.16. The molecular weight excluding hydrogens is 466 g/mol. The summed E-state index contributed by atoms with van der Waals surface area (Å²) in [5.41, 5.74) is 1.78. The number of carbonyl (C=O) groups excluding carboxylic acids is 1. The molecule has 3 rings (SSSR count). The first-order chi connectivity index (χ1) is 16.4. The molecule has 0 bridgehead atoms. The monoisotopic (exact) mass is 495 g/mol. The van der Waals surface area contributed by atoms with E-state index in [0.717, 1.165) is 21.5 Å². The van der Waals surface area contributed by atoms with Crippen LogP contribution in [0.1, 0.15) is 44.9 Å². The lowest BCUT2D eigenvalue weighted by Gasteiger charge is -2.25. The number of nitro benzene ring substituents is 1. The Bertz CT molecular complexity index is 1300. The van der Waals surface area contributed by atoms with Gasteiger partial charge in [0.15, 0.2) is 0 Å². The van der Waals surface area contributed by atoms with Crippen molar-refractivity contribution in [1.29, 1.82) is 0 Å². The summed E-state index contributed by atoms with van der Waals surface area (Å²) < 4.78 is 27.7. The molecule has 0 aliphatic rings. The summed E-state index contributed by atoms with van der Waals surface area (Å²) in [6, 6.07) is 20.4. The lowest BCUT2D eigenvalue weighted by atomic mass is 9.86. The number of carbonyl (C=O) groups is 1. The Kier molecular flexibility index (Phi) is 7.60. The zero-order valence-corrected chi connectivity index (χ0v) is 21.0. The summed E-state index contributed by atoms with van der Waals surface area (Å²) in [4.78, 5) is 23.6. The van der Waals surface area contributed by atoms with Crippen LogP contribution in [0.4, 0.5) is 11.4 Å². The number of amides is 1. The molecule has 35 heavy (non-hydrogen) atoms. The average Bonchev–Trinajstić information content (AvgIpc) is 2.82. The van der Waals surface area contributed by atoms with E-state index in [4.69, 9.17) is 0 Å². The quantitative estimate of drug-likeness (QED) is 0.351. The van der Waals surface area contributed by atoms with Gasteiger partial charge in [-0.2, -0.15) is 0 Å². The van der Waals surface area contributed by atoms with Crippen molar-refractivity contribution < 1.29 is 18.1 Å². The number of non-ortho nitro benzene ring substituents is 1. The second-order valence-electron chi connectivity index (χ2n) is 9.26. The number of hydrogen-bond acceptors (Lipinski definition) is 5. The highest BCUT2D eigenvalue weighted by Gasteiger charge is 2.28. The van der Waals surface area contributed by atoms with Crippen LogP contribution in [0, 0.1) is 10.1 Å². The van der Waals surface area contributed by atoms with Gasteiger partial charge in [0.1, 0.15) is 6.54 Å². The molecule has 0 aliphatic heterocycles. The molecule has 3 aromatic rings. The minimum Gasteiger partial charge on any atom is -0.348 e. The molecule has 0 fully saturated rings. The van der Waals surface area contributed by atoms with Crippen LogP contribution in [0.15, 0.2) is 83.8 Å². The largest absolute Gasteiger partial charge is 0.348 e. The molecule has 0 radical (unpaired) electrons. The van der Waals surface area contributed by atoms with Crippen LogP contribution in [0.3, 0.4) is 0 Å². The number of nitrogens with zero attached hydrogens (tertiary/aromatic N) is 2. The standard InChI is InChI=1S/C26H29N3O5S/c1-19(20-13-15-21(16-14-20)26(2,3)4)27-25(30)18-28(22-9-8-10-23(17-22)29(31)32)35(33,34)24-11-6-5-7-12-24/h5-17,19H,18H2,1-4H3,(H,27,30)/t19-/m1/s1. The average molecular weight is 496 g/mol. The molecule has 0 saturated carbocycles. The molecule has 9 heteroatoms. The molecule has 0 spiro atoms. The van der Waals surface area contributed by atoms with Crippen molar-refractivity contribution in [2.75, 3.05) is 10.8 Å². The molecule has 0 saturated heterocycles. The van der Waals surface area contributed by atoms with Gasteiger partial charge in [0.25, 0.3) is 15.7 Å². The molecule has 1 amide bonds. The van der Waals surface area contributed by atoms with Crippen molar-refractivity contribution in [3.63, 3.8) is 0 Å². The minimum absolute atomic E-state index is 0.00436. The van der Waals surface area contributed by atoms with Crippen molar-refractivity contribution >= 4 is 27.3 Å². The fraction of sp³-hybridized carbons (Fsp3) is 0.269. The summed E-state index contributed by atoms with van der Waals surface area (Å²) in [6.45, 7) is 7.62. The lowest BCUT2D eigenvalue weighted by Crippen LogP contribution is -2.41. The third-order valence-electron chi connectivity index (χ3n) is 5.60. The van der Waals surface area contributed by atoms with Gasteiger partial charge < -0.3 is 5.32 Å². The van der Waals surface area contributed by atoms with E-state index in [1.807, 2.05) is 31.2 Å². The van der Waals surface area contributed by atoms with Crippen molar-refractivity contribution in [3.05, 3.63) is 100 Å². The third kappa shape index (κ3) is 6.24. The summed E-state index contributed by atoms with van der Waals surface area (Å²) in [5, 5.41) is 14.1. The number of sulfonamides is 1.